The molecule has 0 amide bonds. The fourth-order valence-electron chi connectivity index (χ4n) is 2.51. The van der Waals surface area contributed by atoms with Crippen molar-refractivity contribution in [2.45, 2.75) is 12.5 Å². The van der Waals surface area contributed by atoms with Crippen molar-refractivity contribution in [1.82, 2.24) is 10.2 Å². The zero-order valence-corrected chi connectivity index (χ0v) is 13.6. The van der Waals surface area contributed by atoms with Crippen LogP contribution in [0.15, 0.2) is 46.9 Å². The molecule has 23 heavy (non-hydrogen) atoms. The number of rotatable bonds is 5. The second kappa shape index (κ2) is 6.63. The maximum absolute atomic E-state index is 11.0. The van der Waals surface area contributed by atoms with E-state index in [-0.39, 0.29) is 0 Å². The molecular weight excluding hydrogens is 358 g/mol. The lowest BCUT2D eigenvalue weighted by molar-refractivity contribution is -0.132. The first-order valence-electron chi connectivity index (χ1n) is 6.91. The van der Waals surface area contributed by atoms with Gasteiger partial charge in [0.1, 0.15) is 5.69 Å². The van der Waals surface area contributed by atoms with Crippen LogP contribution in [-0.2, 0) is 16.0 Å². The van der Waals surface area contributed by atoms with E-state index in [9.17, 15) is 4.79 Å². The summed E-state index contributed by atoms with van der Waals surface area (Å²) in [7, 11) is 0. The van der Waals surface area contributed by atoms with E-state index in [4.69, 9.17) is 10.00 Å². The van der Waals surface area contributed by atoms with Crippen molar-refractivity contribution in [3.63, 3.8) is 0 Å². The third kappa shape index (κ3) is 3.10. The van der Waals surface area contributed by atoms with Crippen molar-refractivity contribution in [2.75, 3.05) is 0 Å². The van der Waals surface area contributed by atoms with Gasteiger partial charge in [-0.2, -0.15) is 10.4 Å². The number of nitrogens with zero attached hydrogens (tertiary/aromatic N) is 2. The number of aromatic amines is 1. The van der Waals surface area contributed by atoms with Crippen LogP contribution in [0.4, 0.5) is 0 Å². The number of benzene rings is 2. The minimum absolute atomic E-state index is 0.316. The van der Waals surface area contributed by atoms with Crippen LogP contribution in [0.2, 0.25) is 0 Å². The predicted molar refractivity (Wildman–Crippen MR) is 88.5 cm³/mol. The average Bonchev–Trinajstić information content (AvgIpc) is 2.96. The van der Waals surface area contributed by atoms with Gasteiger partial charge in [-0.05, 0) is 35.4 Å². The number of fused-ring (bicyclic) bond motifs is 1. The molecule has 0 bridgehead atoms. The van der Waals surface area contributed by atoms with Crippen molar-refractivity contribution in [3.8, 4) is 6.07 Å². The zero-order valence-electron chi connectivity index (χ0n) is 12.0. The molecule has 2 aromatic carbocycles. The summed E-state index contributed by atoms with van der Waals surface area (Å²) in [6, 6.07) is 15.3. The zero-order chi connectivity index (χ0) is 16.2. The summed E-state index contributed by atoms with van der Waals surface area (Å²) in [6.45, 7) is 0.422. The van der Waals surface area contributed by atoms with E-state index in [0.717, 1.165) is 26.5 Å². The monoisotopic (exact) mass is 369 g/mol. The van der Waals surface area contributed by atoms with Gasteiger partial charge >= 0.3 is 0 Å². The van der Waals surface area contributed by atoms with Crippen LogP contribution in [-0.4, -0.2) is 16.7 Å². The molecule has 1 N–H and O–H groups in total. The number of nitrogens with one attached hydrogen (secondary N) is 1. The van der Waals surface area contributed by atoms with Crippen molar-refractivity contribution in [2.24, 2.45) is 0 Å². The first-order chi connectivity index (χ1) is 11.2. The Bertz CT molecular complexity index is 898. The van der Waals surface area contributed by atoms with Crippen LogP contribution in [0.3, 0.4) is 0 Å². The van der Waals surface area contributed by atoms with Crippen molar-refractivity contribution < 1.29 is 9.53 Å². The molecule has 1 unspecified atom stereocenters. The van der Waals surface area contributed by atoms with Gasteiger partial charge in [0.05, 0.1) is 18.0 Å². The predicted octanol–water partition coefficient (Wildman–Crippen LogP) is 3.65. The molecule has 0 aliphatic heterocycles. The Balaban J connectivity index is 2.12. The Morgan fingerprint density at radius 2 is 2.22 bits per heavy atom. The van der Waals surface area contributed by atoms with Crippen LogP contribution in [0.25, 0.3) is 10.9 Å². The fourth-order valence-corrected chi connectivity index (χ4v) is 2.93. The van der Waals surface area contributed by atoms with Crippen LogP contribution in [0, 0.1) is 11.3 Å². The van der Waals surface area contributed by atoms with Gasteiger partial charge in [0.2, 0.25) is 0 Å². The topological polar surface area (TPSA) is 78.8 Å². The van der Waals surface area contributed by atoms with Crippen LogP contribution < -0.4 is 0 Å². The first kappa shape index (κ1) is 15.3. The summed E-state index contributed by atoms with van der Waals surface area (Å²) in [6.07, 6.45) is -0.299. The van der Waals surface area contributed by atoms with Crippen LogP contribution >= 0.6 is 15.9 Å². The van der Waals surface area contributed by atoms with Gasteiger partial charge < -0.3 is 4.74 Å². The second-order valence-electron chi connectivity index (χ2n) is 4.99. The van der Waals surface area contributed by atoms with Gasteiger partial charge in [0.25, 0.3) is 6.47 Å². The van der Waals surface area contributed by atoms with E-state index in [0.29, 0.717) is 18.6 Å². The Morgan fingerprint density at radius 3 is 2.96 bits per heavy atom. The molecule has 5 nitrogen and oxygen atoms in total. The minimum Gasteiger partial charge on any atom is -0.453 e. The maximum atomic E-state index is 11.0. The molecule has 1 atom stereocenters. The highest BCUT2D eigenvalue weighted by Gasteiger charge is 2.21. The van der Waals surface area contributed by atoms with E-state index in [1.54, 1.807) is 0 Å². The highest BCUT2D eigenvalue weighted by Crippen LogP contribution is 2.31. The Hall–Kier alpha value is -2.65. The molecular formula is C17H12BrN3O2. The Labute approximate surface area is 141 Å². The van der Waals surface area contributed by atoms with E-state index in [1.165, 1.54) is 0 Å². The van der Waals surface area contributed by atoms with Gasteiger partial charge in [-0.25, -0.2) is 0 Å². The number of H-pyrrole nitrogens is 1. The molecule has 1 heterocycles. The normalized spacial score (nSPS) is 11.8. The largest absolute Gasteiger partial charge is 0.453 e. The third-order valence-electron chi connectivity index (χ3n) is 3.53. The summed E-state index contributed by atoms with van der Waals surface area (Å²) < 4.78 is 6.17. The third-order valence-corrected chi connectivity index (χ3v) is 4.02. The SMILES string of the molecule is N#CCc1ccc2[nH]nc(C(OC=O)c3cccc(Br)c3)c2c1. The lowest BCUT2D eigenvalue weighted by Crippen LogP contribution is -2.06. The smallest absolute Gasteiger partial charge is 0.294 e. The van der Waals surface area contributed by atoms with E-state index in [2.05, 4.69) is 32.2 Å². The molecule has 6 heteroatoms. The second-order valence-corrected chi connectivity index (χ2v) is 5.91. The van der Waals surface area contributed by atoms with Gasteiger partial charge in [0.15, 0.2) is 6.10 Å². The van der Waals surface area contributed by atoms with E-state index < -0.39 is 6.10 Å². The van der Waals surface area contributed by atoms with Crippen LogP contribution in [0.5, 0.6) is 0 Å². The fraction of sp³-hybridized carbons (Fsp3) is 0.118. The Kier molecular flexibility index (Phi) is 4.40. The summed E-state index contributed by atoms with van der Waals surface area (Å²) in [5.41, 5.74) is 3.15. The van der Waals surface area contributed by atoms with Gasteiger partial charge in [0, 0.05) is 9.86 Å². The highest BCUT2D eigenvalue weighted by molar-refractivity contribution is 9.10. The summed E-state index contributed by atoms with van der Waals surface area (Å²) in [4.78, 5) is 11.0. The molecule has 3 rings (SSSR count). The molecule has 0 saturated carbocycles. The average molecular weight is 370 g/mol. The van der Waals surface area contributed by atoms with Crippen molar-refractivity contribution in [3.05, 3.63) is 63.8 Å². The van der Waals surface area contributed by atoms with Gasteiger partial charge in [-0.1, -0.05) is 34.1 Å². The number of nitriles is 1. The molecule has 1 aromatic heterocycles. The molecule has 0 spiro atoms. The van der Waals surface area contributed by atoms with Crippen molar-refractivity contribution >= 4 is 33.3 Å². The molecule has 0 aliphatic carbocycles. The number of ether oxygens (including phenoxy) is 1. The minimum atomic E-state index is -0.615. The quantitative estimate of drug-likeness (QED) is 0.696. The molecule has 0 aliphatic rings. The number of halogens is 1. The molecule has 3 aromatic rings. The summed E-state index contributed by atoms with van der Waals surface area (Å²) >= 11 is 3.42. The van der Waals surface area contributed by atoms with Crippen LogP contribution in [0.1, 0.15) is 22.9 Å². The van der Waals surface area contributed by atoms with E-state index in [1.807, 2.05) is 42.5 Å². The van der Waals surface area contributed by atoms with Gasteiger partial charge in [-0.3, -0.25) is 9.89 Å². The number of aromatic nitrogens is 2. The number of carbonyl (C=O) groups is 1. The first-order valence-corrected chi connectivity index (χ1v) is 7.70. The molecule has 114 valence electrons. The molecule has 0 radical (unpaired) electrons. The summed E-state index contributed by atoms with van der Waals surface area (Å²) in [5, 5.41) is 17.0. The van der Waals surface area contributed by atoms with Crippen molar-refractivity contribution in [1.29, 1.82) is 5.26 Å². The standard InChI is InChI=1S/C17H12BrN3O2/c18-13-3-1-2-12(9-13)17(23-10-22)16-14-8-11(6-7-19)4-5-15(14)20-21-16/h1-5,8-10,17H,6H2,(H,20,21). The maximum Gasteiger partial charge on any atom is 0.294 e. The lowest BCUT2D eigenvalue weighted by Gasteiger charge is -2.14. The Morgan fingerprint density at radius 1 is 1.35 bits per heavy atom. The number of hydrogen-bond acceptors (Lipinski definition) is 4. The molecule has 0 saturated heterocycles. The molecule has 0 fully saturated rings. The number of hydrogen-bond donors (Lipinski definition) is 1. The summed E-state index contributed by atoms with van der Waals surface area (Å²) in [5.74, 6) is 0. The lowest BCUT2D eigenvalue weighted by atomic mass is 10.0. The number of carbonyl (C=O) groups excluding carboxylic acids is 1. The van der Waals surface area contributed by atoms with Gasteiger partial charge in [-0.15, -0.1) is 0 Å². The highest BCUT2D eigenvalue weighted by atomic mass is 79.9. The van der Waals surface area contributed by atoms with E-state index >= 15 is 0 Å².